The van der Waals surface area contributed by atoms with Crippen molar-refractivity contribution >= 4 is 51.9 Å². The van der Waals surface area contributed by atoms with Crippen molar-refractivity contribution in [1.29, 1.82) is 0 Å². The molecular formula is C20H20Cl2N4S. The lowest BCUT2D eigenvalue weighted by Crippen LogP contribution is -2.20. The summed E-state index contributed by atoms with van der Waals surface area (Å²) in [5, 5.41) is 12.5. The fraction of sp³-hybridized carbons (Fsp3) is 0.200. The van der Waals surface area contributed by atoms with E-state index in [0.717, 1.165) is 17.1 Å². The van der Waals surface area contributed by atoms with Crippen LogP contribution in [0.5, 0.6) is 0 Å². The summed E-state index contributed by atoms with van der Waals surface area (Å²) < 4.78 is 1.98. The highest BCUT2D eigenvalue weighted by Crippen LogP contribution is 2.26. The maximum Gasteiger partial charge on any atom is 0.175 e. The number of benzene rings is 2. The number of anilines is 2. The van der Waals surface area contributed by atoms with Gasteiger partial charge in [0.15, 0.2) is 5.11 Å². The van der Waals surface area contributed by atoms with Crippen molar-refractivity contribution in [2.45, 2.75) is 27.3 Å². The first-order chi connectivity index (χ1) is 12.8. The van der Waals surface area contributed by atoms with Gasteiger partial charge in [0, 0.05) is 5.02 Å². The smallest absolute Gasteiger partial charge is 0.175 e. The van der Waals surface area contributed by atoms with Crippen molar-refractivity contribution in [3.63, 3.8) is 0 Å². The standard InChI is InChI=1S/C20H20Cl2N4S/c1-12-5-4-6-15(9-12)11-26-14(3)19(13(2)25-26)24-20(27)23-18-8-7-16(21)10-17(18)22/h4-10H,11H2,1-3H3,(H2,23,24,27). The Hall–Kier alpha value is -2.08. The first-order valence-electron chi connectivity index (χ1n) is 8.46. The van der Waals surface area contributed by atoms with E-state index in [1.54, 1.807) is 18.2 Å². The Morgan fingerprint density at radius 2 is 1.85 bits per heavy atom. The quantitative estimate of drug-likeness (QED) is 0.511. The van der Waals surface area contributed by atoms with Crippen LogP contribution in [-0.4, -0.2) is 14.9 Å². The van der Waals surface area contributed by atoms with Gasteiger partial charge in [-0.1, -0.05) is 53.0 Å². The van der Waals surface area contributed by atoms with Gasteiger partial charge in [0.05, 0.1) is 34.3 Å². The molecule has 140 valence electrons. The van der Waals surface area contributed by atoms with Crippen molar-refractivity contribution in [3.05, 3.63) is 75.0 Å². The van der Waals surface area contributed by atoms with Crippen LogP contribution in [0.15, 0.2) is 42.5 Å². The van der Waals surface area contributed by atoms with Gasteiger partial charge >= 0.3 is 0 Å². The highest BCUT2D eigenvalue weighted by atomic mass is 35.5. The Kier molecular flexibility index (Phi) is 6.05. The molecular weight excluding hydrogens is 399 g/mol. The van der Waals surface area contributed by atoms with Crippen LogP contribution >= 0.6 is 35.4 Å². The van der Waals surface area contributed by atoms with Crippen molar-refractivity contribution in [2.75, 3.05) is 10.6 Å². The molecule has 0 aliphatic rings. The number of rotatable bonds is 4. The fourth-order valence-corrected chi connectivity index (χ4v) is 3.54. The lowest BCUT2D eigenvalue weighted by atomic mass is 10.1. The molecule has 4 nitrogen and oxygen atoms in total. The van der Waals surface area contributed by atoms with Gasteiger partial charge < -0.3 is 10.6 Å². The highest BCUT2D eigenvalue weighted by Gasteiger charge is 2.14. The van der Waals surface area contributed by atoms with Crippen LogP contribution in [0.2, 0.25) is 10.0 Å². The summed E-state index contributed by atoms with van der Waals surface area (Å²) in [5.41, 5.74) is 5.93. The van der Waals surface area contributed by atoms with E-state index in [9.17, 15) is 0 Å². The van der Waals surface area contributed by atoms with Crippen LogP contribution in [0.1, 0.15) is 22.5 Å². The molecule has 7 heteroatoms. The molecule has 0 amide bonds. The summed E-state index contributed by atoms with van der Waals surface area (Å²) >= 11 is 17.6. The topological polar surface area (TPSA) is 41.9 Å². The number of thiocarbonyl (C=S) groups is 1. The molecule has 0 unspecified atom stereocenters. The molecule has 0 atom stereocenters. The molecule has 1 aromatic heterocycles. The number of aryl methyl sites for hydroxylation is 2. The number of aromatic nitrogens is 2. The van der Waals surface area contributed by atoms with Crippen LogP contribution < -0.4 is 10.6 Å². The minimum Gasteiger partial charge on any atom is -0.331 e. The molecule has 2 N–H and O–H groups in total. The molecule has 0 aliphatic heterocycles. The van der Waals surface area contributed by atoms with Crippen LogP contribution in [0.4, 0.5) is 11.4 Å². The normalized spacial score (nSPS) is 10.7. The lowest BCUT2D eigenvalue weighted by Gasteiger charge is -2.12. The van der Waals surface area contributed by atoms with E-state index in [2.05, 4.69) is 46.9 Å². The van der Waals surface area contributed by atoms with Crippen LogP contribution in [0.3, 0.4) is 0 Å². The summed E-state index contributed by atoms with van der Waals surface area (Å²) in [6, 6.07) is 13.6. The second-order valence-corrected chi connectivity index (χ2v) is 7.65. The van der Waals surface area contributed by atoms with Gasteiger partial charge in [-0.25, -0.2) is 0 Å². The van der Waals surface area contributed by atoms with E-state index in [-0.39, 0.29) is 0 Å². The second kappa shape index (κ2) is 8.30. The second-order valence-electron chi connectivity index (χ2n) is 6.40. The summed E-state index contributed by atoms with van der Waals surface area (Å²) in [6.07, 6.45) is 0. The molecule has 0 fully saturated rings. The fourth-order valence-electron chi connectivity index (χ4n) is 2.87. The number of hydrogen-bond donors (Lipinski definition) is 2. The largest absolute Gasteiger partial charge is 0.331 e. The first-order valence-corrected chi connectivity index (χ1v) is 9.62. The van der Waals surface area contributed by atoms with Gasteiger partial charge in [-0.2, -0.15) is 5.10 Å². The van der Waals surface area contributed by atoms with E-state index in [4.69, 9.17) is 35.4 Å². The Morgan fingerprint density at radius 3 is 2.56 bits per heavy atom. The van der Waals surface area contributed by atoms with Gasteiger partial charge in [0.1, 0.15) is 0 Å². The summed E-state index contributed by atoms with van der Waals surface area (Å²) in [5.74, 6) is 0. The van der Waals surface area contributed by atoms with Gasteiger partial charge in [-0.15, -0.1) is 0 Å². The highest BCUT2D eigenvalue weighted by molar-refractivity contribution is 7.80. The van der Waals surface area contributed by atoms with E-state index in [0.29, 0.717) is 27.4 Å². The van der Waals surface area contributed by atoms with Gasteiger partial charge in [-0.05, 0) is 56.8 Å². The molecule has 1 heterocycles. The zero-order valence-electron chi connectivity index (χ0n) is 15.3. The third-order valence-electron chi connectivity index (χ3n) is 4.21. The molecule has 0 bridgehead atoms. The monoisotopic (exact) mass is 418 g/mol. The molecule has 27 heavy (non-hydrogen) atoms. The number of halogens is 2. The van der Waals surface area contributed by atoms with Crippen molar-refractivity contribution in [1.82, 2.24) is 9.78 Å². The van der Waals surface area contributed by atoms with Crippen molar-refractivity contribution in [2.24, 2.45) is 0 Å². The average molecular weight is 419 g/mol. The lowest BCUT2D eigenvalue weighted by molar-refractivity contribution is 0.659. The van der Waals surface area contributed by atoms with Gasteiger partial charge in [-0.3, -0.25) is 4.68 Å². The SMILES string of the molecule is Cc1cccc(Cn2nc(C)c(NC(=S)Nc3ccc(Cl)cc3Cl)c2C)c1. The molecule has 0 aliphatic carbocycles. The summed E-state index contributed by atoms with van der Waals surface area (Å²) in [7, 11) is 0. The van der Waals surface area contributed by atoms with Crippen molar-refractivity contribution in [3.8, 4) is 0 Å². The van der Waals surface area contributed by atoms with Gasteiger partial charge in [0.2, 0.25) is 0 Å². The third kappa shape index (κ3) is 4.80. The minimum absolute atomic E-state index is 0.445. The molecule has 0 radical (unpaired) electrons. The molecule has 0 saturated heterocycles. The predicted octanol–water partition coefficient (Wildman–Crippen LogP) is 5.97. The van der Waals surface area contributed by atoms with Crippen LogP contribution in [0, 0.1) is 20.8 Å². The summed E-state index contributed by atoms with van der Waals surface area (Å²) in [6.45, 7) is 6.78. The van der Waals surface area contributed by atoms with Gasteiger partial charge in [0.25, 0.3) is 0 Å². The minimum atomic E-state index is 0.445. The average Bonchev–Trinajstić information content (AvgIpc) is 2.85. The zero-order valence-corrected chi connectivity index (χ0v) is 17.6. The van der Waals surface area contributed by atoms with E-state index < -0.39 is 0 Å². The Bertz CT molecular complexity index is 998. The number of hydrogen-bond acceptors (Lipinski definition) is 2. The molecule has 0 spiro atoms. The van der Waals surface area contributed by atoms with E-state index in [1.807, 2.05) is 18.5 Å². The predicted molar refractivity (Wildman–Crippen MR) is 118 cm³/mol. The maximum absolute atomic E-state index is 6.20. The molecule has 3 rings (SSSR count). The number of nitrogens with one attached hydrogen (secondary N) is 2. The molecule has 3 aromatic rings. The number of nitrogens with zero attached hydrogens (tertiary/aromatic N) is 2. The Labute approximate surface area is 174 Å². The molecule has 2 aromatic carbocycles. The van der Waals surface area contributed by atoms with Crippen LogP contribution in [-0.2, 0) is 6.54 Å². The maximum atomic E-state index is 6.20. The summed E-state index contributed by atoms with van der Waals surface area (Å²) in [4.78, 5) is 0. The van der Waals surface area contributed by atoms with Crippen molar-refractivity contribution < 1.29 is 0 Å². The first kappa shape index (κ1) is 19.7. The third-order valence-corrected chi connectivity index (χ3v) is 4.97. The van der Waals surface area contributed by atoms with E-state index in [1.165, 1.54) is 11.1 Å². The zero-order chi connectivity index (χ0) is 19.6. The Morgan fingerprint density at radius 1 is 1.07 bits per heavy atom. The van der Waals surface area contributed by atoms with E-state index >= 15 is 0 Å². The van der Waals surface area contributed by atoms with Crippen LogP contribution in [0.25, 0.3) is 0 Å². The Balaban J connectivity index is 1.75. The molecule has 0 saturated carbocycles.